The molecule has 2 aromatic rings. The molecule has 1 aliphatic rings. The highest BCUT2D eigenvalue weighted by Gasteiger charge is 2.44. The maximum atomic E-state index is 12.8. The summed E-state index contributed by atoms with van der Waals surface area (Å²) in [4.78, 5) is 48.2. The molecular formula is C19H15NO6. The van der Waals surface area contributed by atoms with Crippen molar-refractivity contribution in [2.75, 3.05) is 13.7 Å². The Balaban J connectivity index is 2.05. The number of aliphatic carboxylic acids is 1. The van der Waals surface area contributed by atoms with E-state index in [1.54, 1.807) is 36.4 Å². The Bertz CT molecular complexity index is 933. The SMILES string of the molecule is COc1ccccc1-c1cccc2c1C(=O)C(C(=O)NCC(=O)O)C2=O. The van der Waals surface area contributed by atoms with Crippen LogP contribution >= 0.6 is 0 Å². The number of methoxy groups -OCH3 is 1. The number of carbonyl (C=O) groups excluding carboxylic acids is 3. The van der Waals surface area contributed by atoms with Crippen LogP contribution in [0.1, 0.15) is 20.7 Å². The fourth-order valence-electron chi connectivity index (χ4n) is 3.04. The third-order valence-corrected chi connectivity index (χ3v) is 4.17. The van der Waals surface area contributed by atoms with E-state index in [4.69, 9.17) is 9.84 Å². The Hall–Kier alpha value is -3.48. The monoisotopic (exact) mass is 353 g/mol. The van der Waals surface area contributed by atoms with Crippen LogP contribution in [0.25, 0.3) is 11.1 Å². The summed E-state index contributed by atoms with van der Waals surface area (Å²) in [6.45, 7) is -0.661. The van der Waals surface area contributed by atoms with Gasteiger partial charge in [-0.25, -0.2) is 0 Å². The molecule has 2 N–H and O–H groups in total. The van der Waals surface area contributed by atoms with E-state index in [1.165, 1.54) is 13.2 Å². The van der Waals surface area contributed by atoms with E-state index in [0.29, 0.717) is 16.9 Å². The number of rotatable bonds is 5. The first-order chi connectivity index (χ1) is 12.5. The van der Waals surface area contributed by atoms with Gasteiger partial charge in [0.15, 0.2) is 17.5 Å². The van der Waals surface area contributed by atoms with E-state index in [-0.39, 0.29) is 11.1 Å². The van der Waals surface area contributed by atoms with Crippen molar-refractivity contribution in [2.24, 2.45) is 5.92 Å². The fourth-order valence-corrected chi connectivity index (χ4v) is 3.04. The molecule has 0 saturated heterocycles. The van der Waals surface area contributed by atoms with Crippen molar-refractivity contribution in [1.82, 2.24) is 5.32 Å². The first-order valence-corrected chi connectivity index (χ1v) is 7.80. The summed E-state index contributed by atoms with van der Waals surface area (Å²) in [6.07, 6.45) is 0. The Kier molecular flexibility index (Phi) is 4.53. The highest BCUT2D eigenvalue weighted by Crippen LogP contribution is 2.38. The van der Waals surface area contributed by atoms with Crippen molar-refractivity contribution in [3.63, 3.8) is 0 Å². The Morgan fingerprint density at radius 1 is 1.00 bits per heavy atom. The van der Waals surface area contributed by atoms with Gasteiger partial charge in [-0.2, -0.15) is 0 Å². The molecular weight excluding hydrogens is 338 g/mol. The lowest BCUT2D eigenvalue weighted by atomic mass is 9.95. The molecule has 3 rings (SSSR count). The van der Waals surface area contributed by atoms with E-state index in [1.807, 2.05) is 0 Å². The van der Waals surface area contributed by atoms with Gasteiger partial charge >= 0.3 is 5.97 Å². The standard InChI is InChI=1S/C19H15NO6/c1-26-13-8-3-2-5-10(13)11-6-4-7-12-15(11)18(24)16(17(12)23)19(25)20-9-14(21)22/h2-8,16H,9H2,1H3,(H,20,25)(H,21,22). The summed E-state index contributed by atoms with van der Waals surface area (Å²) in [7, 11) is 1.50. The van der Waals surface area contributed by atoms with Gasteiger partial charge in [0.2, 0.25) is 5.91 Å². The molecule has 26 heavy (non-hydrogen) atoms. The minimum Gasteiger partial charge on any atom is -0.496 e. The molecule has 1 atom stereocenters. The number of nitrogens with one attached hydrogen (secondary N) is 1. The lowest BCUT2D eigenvalue weighted by Gasteiger charge is -2.11. The number of hydrogen-bond acceptors (Lipinski definition) is 5. The van der Waals surface area contributed by atoms with Gasteiger partial charge in [-0.3, -0.25) is 19.2 Å². The summed E-state index contributed by atoms with van der Waals surface area (Å²) in [6, 6.07) is 11.8. The molecule has 7 nitrogen and oxygen atoms in total. The first kappa shape index (κ1) is 17.3. The van der Waals surface area contributed by atoms with Crippen LogP contribution in [0.2, 0.25) is 0 Å². The van der Waals surface area contributed by atoms with Crippen molar-refractivity contribution in [2.45, 2.75) is 0 Å². The molecule has 0 heterocycles. The number of carbonyl (C=O) groups is 4. The van der Waals surface area contributed by atoms with Crippen LogP contribution in [0.4, 0.5) is 0 Å². The quantitative estimate of drug-likeness (QED) is 0.790. The second kappa shape index (κ2) is 6.79. The zero-order chi connectivity index (χ0) is 18.8. The Morgan fingerprint density at radius 3 is 2.35 bits per heavy atom. The molecule has 0 aliphatic heterocycles. The summed E-state index contributed by atoms with van der Waals surface area (Å²) < 4.78 is 5.32. The van der Waals surface area contributed by atoms with Crippen molar-refractivity contribution in [1.29, 1.82) is 0 Å². The zero-order valence-electron chi connectivity index (χ0n) is 13.8. The highest BCUT2D eigenvalue weighted by molar-refractivity contribution is 6.36. The predicted molar refractivity (Wildman–Crippen MR) is 91.2 cm³/mol. The van der Waals surface area contributed by atoms with Gasteiger partial charge in [-0.05, 0) is 11.6 Å². The van der Waals surface area contributed by atoms with Crippen molar-refractivity contribution < 1.29 is 29.0 Å². The summed E-state index contributed by atoms with van der Waals surface area (Å²) in [5.74, 6) is -4.49. The number of benzene rings is 2. The van der Waals surface area contributed by atoms with Gasteiger partial charge in [-0.1, -0.05) is 36.4 Å². The minimum absolute atomic E-state index is 0.147. The topological polar surface area (TPSA) is 110 Å². The molecule has 1 aliphatic carbocycles. The third kappa shape index (κ3) is 2.83. The molecule has 0 radical (unpaired) electrons. The molecule has 0 spiro atoms. The van der Waals surface area contributed by atoms with Gasteiger partial charge in [0.25, 0.3) is 0 Å². The molecule has 1 unspecified atom stereocenters. The van der Waals surface area contributed by atoms with Crippen LogP contribution in [0.15, 0.2) is 42.5 Å². The van der Waals surface area contributed by atoms with Gasteiger partial charge in [-0.15, -0.1) is 0 Å². The number of carboxylic acids is 1. The van der Waals surface area contributed by atoms with Crippen molar-refractivity contribution in [3.05, 3.63) is 53.6 Å². The number of hydrogen-bond donors (Lipinski definition) is 2. The van der Waals surface area contributed by atoms with Crippen molar-refractivity contribution >= 4 is 23.4 Å². The van der Waals surface area contributed by atoms with Gasteiger partial charge < -0.3 is 15.2 Å². The normalized spacial score (nSPS) is 15.5. The van der Waals surface area contributed by atoms with E-state index in [0.717, 1.165) is 0 Å². The lowest BCUT2D eigenvalue weighted by Crippen LogP contribution is -2.39. The van der Waals surface area contributed by atoms with Crippen LogP contribution in [0.3, 0.4) is 0 Å². The fraction of sp³-hybridized carbons (Fsp3) is 0.158. The van der Waals surface area contributed by atoms with Gasteiger partial charge in [0.05, 0.1) is 7.11 Å². The van der Waals surface area contributed by atoms with Crippen molar-refractivity contribution in [3.8, 4) is 16.9 Å². The first-order valence-electron chi connectivity index (χ1n) is 7.80. The predicted octanol–water partition coefficient (Wildman–Crippen LogP) is 1.56. The minimum atomic E-state index is -1.57. The van der Waals surface area contributed by atoms with Crippen LogP contribution in [0.5, 0.6) is 5.75 Å². The van der Waals surface area contributed by atoms with E-state index in [2.05, 4.69) is 5.32 Å². The summed E-state index contributed by atoms with van der Waals surface area (Å²) in [5.41, 5.74) is 1.41. The number of fused-ring (bicyclic) bond motifs is 1. The second-order valence-corrected chi connectivity index (χ2v) is 5.70. The Labute approximate surface area is 148 Å². The molecule has 0 aromatic heterocycles. The lowest BCUT2D eigenvalue weighted by molar-refractivity contribution is -0.138. The van der Waals surface area contributed by atoms with Crippen LogP contribution in [-0.4, -0.2) is 42.2 Å². The maximum Gasteiger partial charge on any atom is 0.322 e. The Morgan fingerprint density at radius 2 is 1.65 bits per heavy atom. The average Bonchev–Trinajstić information content (AvgIpc) is 2.90. The van der Waals surface area contributed by atoms with Crippen LogP contribution in [-0.2, 0) is 9.59 Å². The molecule has 132 valence electrons. The number of ether oxygens (including phenoxy) is 1. The maximum absolute atomic E-state index is 12.8. The van der Waals surface area contributed by atoms with Gasteiger partial charge in [0.1, 0.15) is 12.3 Å². The molecule has 2 aromatic carbocycles. The molecule has 1 amide bonds. The number of amides is 1. The number of carboxylic acid groups (broad SMARTS) is 1. The molecule has 0 bridgehead atoms. The average molecular weight is 353 g/mol. The molecule has 7 heteroatoms. The smallest absolute Gasteiger partial charge is 0.322 e. The number of ketones is 2. The summed E-state index contributed by atoms with van der Waals surface area (Å²) >= 11 is 0. The van der Waals surface area contributed by atoms with E-state index < -0.39 is 35.9 Å². The van der Waals surface area contributed by atoms with E-state index in [9.17, 15) is 19.2 Å². The molecule has 0 saturated carbocycles. The zero-order valence-corrected chi connectivity index (χ0v) is 13.8. The van der Waals surface area contributed by atoms with E-state index >= 15 is 0 Å². The van der Waals surface area contributed by atoms with Crippen LogP contribution in [0, 0.1) is 5.92 Å². The largest absolute Gasteiger partial charge is 0.496 e. The number of Topliss-reactive ketones (excluding diaryl/α,β-unsaturated/α-hetero) is 2. The number of para-hydroxylation sites is 1. The highest BCUT2D eigenvalue weighted by atomic mass is 16.5. The van der Waals surface area contributed by atoms with Gasteiger partial charge in [0, 0.05) is 16.7 Å². The summed E-state index contributed by atoms with van der Waals surface area (Å²) in [5, 5.41) is 10.8. The second-order valence-electron chi connectivity index (χ2n) is 5.70. The third-order valence-electron chi connectivity index (χ3n) is 4.17. The molecule has 0 fully saturated rings. The van der Waals surface area contributed by atoms with Crippen LogP contribution < -0.4 is 10.1 Å².